The fourth-order valence-corrected chi connectivity index (χ4v) is 3.99. The number of aliphatic imine (C=N–C) groups is 1. The molecular formula is C22H36N4O. The van der Waals surface area contributed by atoms with Gasteiger partial charge >= 0.3 is 0 Å². The van der Waals surface area contributed by atoms with Crippen LogP contribution in [0, 0.1) is 5.92 Å². The molecule has 1 aromatic rings. The van der Waals surface area contributed by atoms with Gasteiger partial charge in [0.05, 0.1) is 6.61 Å². The van der Waals surface area contributed by atoms with E-state index in [0.717, 1.165) is 56.7 Å². The maximum Gasteiger partial charge on any atom is 0.191 e. The van der Waals surface area contributed by atoms with Gasteiger partial charge in [-0.05, 0) is 75.4 Å². The number of piperidine rings is 1. The Morgan fingerprint density at radius 2 is 2.07 bits per heavy atom. The van der Waals surface area contributed by atoms with Gasteiger partial charge in [0.2, 0.25) is 0 Å². The average molecular weight is 373 g/mol. The normalized spacial score (nSPS) is 18.2. The molecule has 2 aliphatic heterocycles. The molecule has 1 saturated heterocycles. The van der Waals surface area contributed by atoms with Crippen molar-refractivity contribution in [1.82, 2.24) is 15.5 Å². The molecule has 2 heterocycles. The number of likely N-dealkylation sites (tertiary alicyclic amines) is 1. The van der Waals surface area contributed by atoms with Crippen LogP contribution in [0.2, 0.25) is 0 Å². The lowest BCUT2D eigenvalue weighted by Crippen LogP contribution is -2.39. The molecule has 150 valence electrons. The molecule has 1 aromatic carbocycles. The zero-order valence-corrected chi connectivity index (χ0v) is 17.1. The van der Waals surface area contributed by atoms with E-state index in [1.807, 2.05) is 0 Å². The Labute approximate surface area is 164 Å². The summed E-state index contributed by atoms with van der Waals surface area (Å²) in [6.45, 7) is 11.7. The maximum atomic E-state index is 5.59. The summed E-state index contributed by atoms with van der Waals surface area (Å²) in [6.07, 6.45) is 5.86. The molecule has 3 rings (SSSR count). The fourth-order valence-electron chi connectivity index (χ4n) is 3.99. The number of guanidine groups is 1. The summed E-state index contributed by atoms with van der Waals surface area (Å²) in [5.74, 6) is 2.75. The molecule has 0 bridgehead atoms. The summed E-state index contributed by atoms with van der Waals surface area (Å²) < 4.78 is 5.59. The smallest absolute Gasteiger partial charge is 0.191 e. The van der Waals surface area contributed by atoms with Crippen LogP contribution < -0.4 is 15.4 Å². The third kappa shape index (κ3) is 6.13. The molecule has 1 fully saturated rings. The van der Waals surface area contributed by atoms with Gasteiger partial charge < -0.3 is 20.3 Å². The van der Waals surface area contributed by atoms with Crippen LogP contribution in [-0.4, -0.2) is 56.7 Å². The molecular weight excluding hydrogens is 336 g/mol. The van der Waals surface area contributed by atoms with Crippen molar-refractivity contribution in [3.05, 3.63) is 29.3 Å². The third-order valence-corrected chi connectivity index (χ3v) is 5.56. The van der Waals surface area contributed by atoms with E-state index in [1.165, 1.54) is 50.0 Å². The second-order valence-corrected chi connectivity index (χ2v) is 7.72. The van der Waals surface area contributed by atoms with Crippen LogP contribution in [-0.2, 0) is 12.8 Å². The predicted molar refractivity (Wildman–Crippen MR) is 113 cm³/mol. The van der Waals surface area contributed by atoms with Gasteiger partial charge in [-0.2, -0.15) is 0 Å². The summed E-state index contributed by atoms with van der Waals surface area (Å²) in [5.41, 5.74) is 2.72. The molecule has 0 atom stereocenters. The van der Waals surface area contributed by atoms with Gasteiger partial charge in [0, 0.05) is 26.1 Å². The SMILES string of the molecule is CCCN1CCC(CN=C(NCC)NCCc2ccc3c(c2)CCO3)CC1. The molecule has 0 saturated carbocycles. The highest BCUT2D eigenvalue weighted by atomic mass is 16.5. The Kier molecular flexibility index (Phi) is 7.81. The van der Waals surface area contributed by atoms with Crippen LogP contribution in [0.25, 0.3) is 0 Å². The lowest BCUT2D eigenvalue weighted by Gasteiger charge is -2.31. The van der Waals surface area contributed by atoms with Crippen LogP contribution in [0.4, 0.5) is 0 Å². The van der Waals surface area contributed by atoms with E-state index in [9.17, 15) is 0 Å². The van der Waals surface area contributed by atoms with Gasteiger partial charge in [-0.25, -0.2) is 0 Å². The standard InChI is InChI=1S/C22H36N4O/c1-3-12-26-13-8-19(9-14-26)17-25-22(23-4-2)24-11-7-18-5-6-21-20(16-18)10-15-27-21/h5-6,16,19H,3-4,7-15,17H2,1-2H3,(H2,23,24,25). The summed E-state index contributed by atoms with van der Waals surface area (Å²) in [6, 6.07) is 6.58. The Bertz CT molecular complexity index is 608. The molecule has 27 heavy (non-hydrogen) atoms. The van der Waals surface area contributed by atoms with Crippen molar-refractivity contribution in [3.8, 4) is 5.75 Å². The van der Waals surface area contributed by atoms with Crippen LogP contribution in [0.3, 0.4) is 0 Å². The van der Waals surface area contributed by atoms with Crippen molar-refractivity contribution in [2.45, 2.75) is 46.0 Å². The van der Waals surface area contributed by atoms with Crippen LogP contribution in [0.1, 0.15) is 44.2 Å². The molecule has 2 N–H and O–H groups in total. The van der Waals surface area contributed by atoms with E-state index in [2.05, 4.69) is 47.6 Å². The van der Waals surface area contributed by atoms with Gasteiger partial charge in [-0.1, -0.05) is 19.1 Å². The monoisotopic (exact) mass is 372 g/mol. The summed E-state index contributed by atoms with van der Waals surface area (Å²) in [5, 5.41) is 6.89. The molecule has 0 aromatic heterocycles. The maximum absolute atomic E-state index is 5.59. The van der Waals surface area contributed by atoms with E-state index in [0.29, 0.717) is 0 Å². The molecule has 2 aliphatic rings. The number of benzene rings is 1. The second-order valence-electron chi connectivity index (χ2n) is 7.72. The minimum absolute atomic E-state index is 0.727. The lowest BCUT2D eigenvalue weighted by atomic mass is 9.97. The number of ether oxygens (including phenoxy) is 1. The first-order valence-corrected chi connectivity index (χ1v) is 10.8. The zero-order valence-electron chi connectivity index (χ0n) is 17.1. The fraction of sp³-hybridized carbons (Fsp3) is 0.682. The van der Waals surface area contributed by atoms with Crippen molar-refractivity contribution < 1.29 is 4.74 Å². The predicted octanol–water partition coefficient (Wildman–Crippen LogP) is 2.84. The van der Waals surface area contributed by atoms with Crippen molar-refractivity contribution in [2.24, 2.45) is 10.9 Å². The second kappa shape index (κ2) is 10.5. The first-order chi connectivity index (χ1) is 13.3. The Morgan fingerprint density at radius 3 is 2.85 bits per heavy atom. The van der Waals surface area contributed by atoms with E-state index >= 15 is 0 Å². The van der Waals surface area contributed by atoms with Crippen molar-refractivity contribution in [3.63, 3.8) is 0 Å². The lowest BCUT2D eigenvalue weighted by molar-refractivity contribution is 0.188. The number of hydrogen-bond donors (Lipinski definition) is 2. The van der Waals surface area contributed by atoms with Gasteiger partial charge in [0.15, 0.2) is 5.96 Å². The molecule has 0 radical (unpaired) electrons. The summed E-state index contributed by atoms with van der Waals surface area (Å²) >= 11 is 0. The highest BCUT2D eigenvalue weighted by Gasteiger charge is 2.18. The van der Waals surface area contributed by atoms with E-state index in [1.54, 1.807) is 0 Å². The van der Waals surface area contributed by atoms with E-state index < -0.39 is 0 Å². The first-order valence-electron chi connectivity index (χ1n) is 10.8. The Hall–Kier alpha value is -1.75. The number of hydrogen-bond acceptors (Lipinski definition) is 3. The highest BCUT2D eigenvalue weighted by Crippen LogP contribution is 2.25. The Morgan fingerprint density at radius 1 is 1.22 bits per heavy atom. The number of rotatable bonds is 8. The summed E-state index contributed by atoms with van der Waals surface area (Å²) in [4.78, 5) is 7.44. The van der Waals surface area contributed by atoms with Crippen LogP contribution in [0.15, 0.2) is 23.2 Å². The third-order valence-electron chi connectivity index (χ3n) is 5.56. The largest absolute Gasteiger partial charge is 0.493 e. The van der Waals surface area contributed by atoms with Crippen molar-refractivity contribution >= 4 is 5.96 Å². The quantitative estimate of drug-likeness (QED) is 0.544. The first kappa shape index (κ1) is 20.0. The molecule has 5 heteroatoms. The van der Waals surface area contributed by atoms with Gasteiger partial charge in [-0.3, -0.25) is 4.99 Å². The molecule has 0 unspecified atom stereocenters. The molecule has 0 amide bonds. The zero-order chi connectivity index (χ0) is 18.9. The van der Waals surface area contributed by atoms with Gasteiger partial charge in [0.25, 0.3) is 0 Å². The Balaban J connectivity index is 1.42. The molecule has 0 spiro atoms. The topological polar surface area (TPSA) is 48.9 Å². The highest BCUT2D eigenvalue weighted by molar-refractivity contribution is 5.79. The molecule has 5 nitrogen and oxygen atoms in total. The van der Waals surface area contributed by atoms with E-state index in [4.69, 9.17) is 9.73 Å². The number of nitrogens with one attached hydrogen (secondary N) is 2. The van der Waals surface area contributed by atoms with Crippen LogP contribution >= 0.6 is 0 Å². The van der Waals surface area contributed by atoms with Gasteiger partial charge in [0.1, 0.15) is 5.75 Å². The van der Waals surface area contributed by atoms with Crippen molar-refractivity contribution in [2.75, 3.05) is 45.9 Å². The number of nitrogens with zero attached hydrogens (tertiary/aromatic N) is 2. The minimum atomic E-state index is 0.727. The average Bonchev–Trinajstić information content (AvgIpc) is 3.15. The van der Waals surface area contributed by atoms with Crippen molar-refractivity contribution in [1.29, 1.82) is 0 Å². The minimum Gasteiger partial charge on any atom is -0.493 e. The van der Waals surface area contributed by atoms with E-state index in [-0.39, 0.29) is 0 Å². The van der Waals surface area contributed by atoms with Gasteiger partial charge in [-0.15, -0.1) is 0 Å². The molecule has 0 aliphatic carbocycles. The van der Waals surface area contributed by atoms with Crippen LogP contribution in [0.5, 0.6) is 5.75 Å². The summed E-state index contributed by atoms with van der Waals surface area (Å²) in [7, 11) is 0. The number of fused-ring (bicyclic) bond motifs is 1.